The number of anilines is 3. The Labute approximate surface area is 146 Å². The Balaban J connectivity index is 1.76. The van der Waals surface area contributed by atoms with E-state index in [0.717, 1.165) is 46.1 Å². The molecule has 0 spiro atoms. The number of para-hydroxylation sites is 1. The van der Waals surface area contributed by atoms with Crippen LogP contribution in [0.1, 0.15) is 18.4 Å². The first-order valence-corrected chi connectivity index (χ1v) is 8.63. The quantitative estimate of drug-likeness (QED) is 0.734. The summed E-state index contributed by atoms with van der Waals surface area (Å²) in [5.74, 6) is 1.62. The number of hydrogen-bond acceptors (Lipinski definition) is 4. The molecule has 4 rings (SSSR count). The predicted octanol–water partition coefficient (Wildman–Crippen LogP) is 4.94. The van der Waals surface area contributed by atoms with Gasteiger partial charge in [0.25, 0.3) is 0 Å². The van der Waals surface area contributed by atoms with E-state index in [-0.39, 0.29) is 0 Å². The lowest BCUT2D eigenvalue weighted by Gasteiger charge is -2.19. The van der Waals surface area contributed by atoms with Gasteiger partial charge in [-0.15, -0.1) is 0 Å². The Morgan fingerprint density at radius 1 is 1.04 bits per heavy atom. The van der Waals surface area contributed by atoms with E-state index in [1.54, 1.807) is 0 Å². The second-order valence-electron chi connectivity index (χ2n) is 6.17. The van der Waals surface area contributed by atoms with Crippen LogP contribution in [0.15, 0.2) is 42.5 Å². The van der Waals surface area contributed by atoms with Crippen molar-refractivity contribution in [2.45, 2.75) is 19.8 Å². The maximum absolute atomic E-state index is 6.22. The van der Waals surface area contributed by atoms with Crippen molar-refractivity contribution in [3.63, 3.8) is 0 Å². The molecule has 0 radical (unpaired) electrons. The zero-order valence-corrected chi connectivity index (χ0v) is 14.3. The van der Waals surface area contributed by atoms with Crippen molar-refractivity contribution >= 4 is 40.0 Å². The molecule has 24 heavy (non-hydrogen) atoms. The molecular formula is C19H19ClN4. The van der Waals surface area contributed by atoms with Crippen LogP contribution in [0, 0.1) is 6.92 Å². The number of fused-ring (bicyclic) bond motifs is 1. The SMILES string of the molecule is Cc1ccc(Nc2nc(N3CCCC3)c3ccccc3n2)cc1Cl. The van der Waals surface area contributed by atoms with Crippen molar-refractivity contribution in [2.75, 3.05) is 23.3 Å². The number of nitrogens with one attached hydrogen (secondary N) is 1. The predicted molar refractivity (Wildman–Crippen MR) is 100 cm³/mol. The Bertz CT molecular complexity index is 888. The Morgan fingerprint density at radius 2 is 1.83 bits per heavy atom. The van der Waals surface area contributed by atoms with Gasteiger partial charge in [-0.1, -0.05) is 29.8 Å². The molecule has 2 aromatic carbocycles. The maximum Gasteiger partial charge on any atom is 0.229 e. The lowest BCUT2D eigenvalue weighted by Crippen LogP contribution is -2.20. The second kappa shape index (κ2) is 6.29. The first-order valence-electron chi connectivity index (χ1n) is 8.25. The van der Waals surface area contributed by atoms with E-state index in [1.807, 2.05) is 43.3 Å². The van der Waals surface area contributed by atoms with Gasteiger partial charge in [0.1, 0.15) is 5.82 Å². The van der Waals surface area contributed by atoms with Gasteiger partial charge >= 0.3 is 0 Å². The van der Waals surface area contributed by atoms with Crippen molar-refractivity contribution < 1.29 is 0 Å². The van der Waals surface area contributed by atoms with Crippen molar-refractivity contribution in [1.29, 1.82) is 0 Å². The van der Waals surface area contributed by atoms with Crippen LogP contribution in [0.5, 0.6) is 0 Å². The summed E-state index contributed by atoms with van der Waals surface area (Å²) in [5.41, 5.74) is 2.91. The van der Waals surface area contributed by atoms with Gasteiger partial charge in [0.05, 0.1) is 5.52 Å². The average Bonchev–Trinajstić information content (AvgIpc) is 3.12. The summed E-state index contributed by atoms with van der Waals surface area (Å²) < 4.78 is 0. The van der Waals surface area contributed by atoms with E-state index < -0.39 is 0 Å². The molecule has 1 aromatic heterocycles. The van der Waals surface area contributed by atoms with E-state index in [1.165, 1.54) is 12.8 Å². The molecule has 3 aromatic rings. The minimum absolute atomic E-state index is 0.607. The summed E-state index contributed by atoms with van der Waals surface area (Å²) in [6.07, 6.45) is 2.43. The lowest BCUT2D eigenvalue weighted by molar-refractivity contribution is 0.941. The standard InChI is InChI=1S/C19H19ClN4/c1-13-8-9-14(12-16(13)20)21-19-22-17-7-3-2-6-15(17)18(23-19)24-10-4-5-11-24/h2-3,6-9,12H,4-5,10-11H2,1H3,(H,21,22,23). The molecule has 1 fully saturated rings. The van der Waals surface area contributed by atoms with Crippen LogP contribution in [-0.2, 0) is 0 Å². The Hall–Kier alpha value is -2.33. The summed E-state index contributed by atoms with van der Waals surface area (Å²) in [7, 11) is 0. The zero-order chi connectivity index (χ0) is 16.5. The molecular weight excluding hydrogens is 320 g/mol. The monoisotopic (exact) mass is 338 g/mol. The fourth-order valence-corrected chi connectivity index (χ4v) is 3.27. The third kappa shape index (κ3) is 2.89. The third-order valence-electron chi connectivity index (χ3n) is 4.42. The van der Waals surface area contributed by atoms with E-state index >= 15 is 0 Å². The Kier molecular flexibility index (Phi) is 3.98. The van der Waals surface area contributed by atoms with Gasteiger partial charge in [0.15, 0.2) is 0 Å². The molecule has 4 nitrogen and oxygen atoms in total. The summed E-state index contributed by atoms with van der Waals surface area (Å²) >= 11 is 6.22. The molecule has 0 amide bonds. The van der Waals surface area contributed by atoms with Crippen LogP contribution in [-0.4, -0.2) is 23.1 Å². The maximum atomic E-state index is 6.22. The fourth-order valence-electron chi connectivity index (χ4n) is 3.09. The highest BCUT2D eigenvalue weighted by molar-refractivity contribution is 6.31. The number of rotatable bonds is 3. The highest BCUT2D eigenvalue weighted by atomic mass is 35.5. The molecule has 1 N–H and O–H groups in total. The smallest absolute Gasteiger partial charge is 0.229 e. The molecule has 0 saturated carbocycles. The molecule has 0 unspecified atom stereocenters. The minimum Gasteiger partial charge on any atom is -0.356 e. The molecule has 0 bridgehead atoms. The third-order valence-corrected chi connectivity index (χ3v) is 4.82. The molecule has 1 aliphatic heterocycles. The molecule has 1 saturated heterocycles. The second-order valence-corrected chi connectivity index (χ2v) is 6.58. The number of hydrogen-bond donors (Lipinski definition) is 1. The van der Waals surface area contributed by atoms with Crippen molar-refractivity contribution in [3.05, 3.63) is 53.1 Å². The minimum atomic E-state index is 0.607. The van der Waals surface area contributed by atoms with Gasteiger partial charge in [0, 0.05) is 29.2 Å². The van der Waals surface area contributed by atoms with Crippen LogP contribution in [0.3, 0.4) is 0 Å². The van der Waals surface area contributed by atoms with Crippen LogP contribution < -0.4 is 10.2 Å². The van der Waals surface area contributed by atoms with E-state index in [0.29, 0.717) is 5.95 Å². The van der Waals surface area contributed by atoms with Gasteiger partial charge in [-0.3, -0.25) is 0 Å². The Morgan fingerprint density at radius 3 is 2.62 bits per heavy atom. The summed E-state index contributed by atoms with van der Waals surface area (Å²) in [6, 6.07) is 14.1. The molecule has 5 heteroatoms. The van der Waals surface area contributed by atoms with E-state index in [4.69, 9.17) is 16.6 Å². The first-order chi connectivity index (χ1) is 11.7. The zero-order valence-electron chi connectivity index (χ0n) is 13.6. The molecule has 1 aliphatic rings. The fraction of sp³-hybridized carbons (Fsp3) is 0.263. The lowest BCUT2D eigenvalue weighted by atomic mass is 10.2. The highest BCUT2D eigenvalue weighted by Crippen LogP contribution is 2.29. The number of aryl methyl sites for hydroxylation is 1. The topological polar surface area (TPSA) is 41.1 Å². The number of halogens is 1. The molecule has 0 atom stereocenters. The van der Waals surface area contributed by atoms with Crippen molar-refractivity contribution in [2.24, 2.45) is 0 Å². The van der Waals surface area contributed by atoms with E-state index in [9.17, 15) is 0 Å². The van der Waals surface area contributed by atoms with Crippen molar-refractivity contribution in [1.82, 2.24) is 9.97 Å². The van der Waals surface area contributed by atoms with Gasteiger partial charge in [0.2, 0.25) is 5.95 Å². The van der Waals surface area contributed by atoms with Gasteiger partial charge in [-0.05, 0) is 49.6 Å². The number of benzene rings is 2. The highest BCUT2D eigenvalue weighted by Gasteiger charge is 2.18. The van der Waals surface area contributed by atoms with E-state index in [2.05, 4.69) is 21.3 Å². The number of aromatic nitrogens is 2. The van der Waals surface area contributed by atoms with Crippen LogP contribution in [0.2, 0.25) is 5.02 Å². The van der Waals surface area contributed by atoms with Crippen LogP contribution in [0.25, 0.3) is 10.9 Å². The number of nitrogens with zero attached hydrogens (tertiary/aromatic N) is 3. The summed E-state index contributed by atoms with van der Waals surface area (Å²) in [4.78, 5) is 11.8. The normalized spacial score (nSPS) is 14.3. The molecule has 2 heterocycles. The first kappa shape index (κ1) is 15.2. The summed E-state index contributed by atoms with van der Waals surface area (Å²) in [6.45, 7) is 4.09. The van der Waals surface area contributed by atoms with Gasteiger partial charge < -0.3 is 10.2 Å². The van der Waals surface area contributed by atoms with Crippen LogP contribution in [0.4, 0.5) is 17.5 Å². The summed E-state index contributed by atoms with van der Waals surface area (Å²) in [5, 5.41) is 5.13. The van der Waals surface area contributed by atoms with Gasteiger partial charge in [-0.25, -0.2) is 4.98 Å². The largest absolute Gasteiger partial charge is 0.356 e. The van der Waals surface area contributed by atoms with Crippen molar-refractivity contribution in [3.8, 4) is 0 Å². The molecule has 0 aliphatic carbocycles. The van der Waals surface area contributed by atoms with Gasteiger partial charge in [-0.2, -0.15) is 4.98 Å². The average molecular weight is 339 g/mol. The van der Waals surface area contributed by atoms with Crippen LogP contribution >= 0.6 is 11.6 Å². The molecule has 122 valence electrons.